The van der Waals surface area contributed by atoms with E-state index in [1.165, 1.54) is 25.1 Å². The lowest BCUT2D eigenvalue weighted by Crippen LogP contribution is -2.85. The highest BCUT2D eigenvalue weighted by Crippen LogP contribution is 2.56. The van der Waals surface area contributed by atoms with Gasteiger partial charge in [-0.15, -0.1) is 0 Å². The first-order chi connectivity index (χ1) is 18.7. The number of pyridine rings is 1. The molecule has 1 heterocycles. The van der Waals surface area contributed by atoms with Crippen LogP contribution in [0.1, 0.15) is 27.9 Å². The first-order valence-electron chi connectivity index (χ1n) is 12.6. The molecule has 1 aromatic heterocycles. The van der Waals surface area contributed by atoms with Crippen LogP contribution < -0.4 is 17.2 Å². The van der Waals surface area contributed by atoms with Crippen LogP contribution in [0.5, 0.6) is 5.75 Å². The number of nitrogens with zero attached hydrogens (tertiary/aromatic N) is 3. The second kappa shape index (κ2) is 8.59. The van der Waals surface area contributed by atoms with Crippen LogP contribution in [-0.2, 0) is 25.6 Å². The zero-order valence-electron chi connectivity index (χ0n) is 22.1. The quantitative estimate of drug-likeness (QED) is 0.349. The number of nitriles is 1. The van der Waals surface area contributed by atoms with E-state index in [2.05, 4.69) is 4.98 Å². The Hall–Kier alpha value is -4.31. The highest BCUT2D eigenvalue weighted by atomic mass is 16.3. The second-order valence-electron chi connectivity index (χ2n) is 11.3. The van der Waals surface area contributed by atoms with Crippen molar-refractivity contribution in [2.45, 2.75) is 36.9 Å². The lowest BCUT2D eigenvalue weighted by Gasteiger charge is -2.60. The van der Waals surface area contributed by atoms with Gasteiger partial charge in [-0.1, -0.05) is 6.07 Å². The minimum absolute atomic E-state index is 0.160. The smallest absolute Gasteiger partial charge is 0.235 e. The molecule has 0 radical (unpaired) electrons. The van der Waals surface area contributed by atoms with Crippen LogP contribution >= 0.6 is 0 Å². The number of amides is 1. The molecule has 12 nitrogen and oxygen atoms in total. The van der Waals surface area contributed by atoms with Gasteiger partial charge in [0.25, 0.3) is 0 Å². The molecule has 3 aliphatic carbocycles. The normalized spacial score (nSPS) is 33.2. The SMILES string of the molecule is Cc1cccnc1-c1ccc(O)c2c1C[C@@]1(N)C[C@@]3(N)[C@H](N(C)C)C(=O)C(C(N)=O)C(=O)[C@@]3(C#N)C(=O)C1C2=O. The van der Waals surface area contributed by atoms with E-state index in [1.807, 2.05) is 13.0 Å². The third-order valence-electron chi connectivity index (χ3n) is 8.74. The van der Waals surface area contributed by atoms with Crippen LogP contribution in [0.25, 0.3) is 11.3 Å². The maximum Gasteiger partial charge on any atom is 0.235 e. The molecule has 0 bridgehead atoms. The Labute approximate surface area is 229 Å². The van der Waals surface area contributed by atoms with Crippen molar-refractivity contribution in [3.8, 4) is 23.1 Å². The summed E-state index contributed by atoms with van der Waals surface area (Å²) in [5.41, 5.74) is 14.3. The number of primary amides is 1. The van der Waals surface area contributed by atoms with Crippen LogP contribution in [0.2, 0.25) is 0 Å². The first kappa shape index (κ1) is 27.3. The summed E-state index contributed by atoms with van der Waals surface area (Å²) in [5.74, 6) is -10.0. The van der Waals surface area contributed by atoms with Crippen molar-refractivity contribution in [1.29, 1.82) is 5.26 Å². The number of hydrogen-bond acceptors (Lipinski definition) is 11. The third-order valence-corrected chi connectivity index (χ3v) is 8.74. The number of aromatic hydroxyl groups is 1. The zero-order valence-corrected chi connectivity index (χ0v) is 22.1. The number of phenols is 1. The van der Waals surface area contributed by atoms with E-state index in [0.29, 0.717) is 16.8 Å². The Morgan fingerprint density at radius 3 is 2.40 bits per heavy atom. The molecule has 7 N–H and O–H groups in total. The summed E-state index contributed by atoms with van der Waals surface area (Å²) in [5, 5.41) is 21.2. The fraction of sp³-hybridized carbons (Fsp3) is 0.393. The fourth-order valence-electron chi connectivity index (χ4n) is 7.20. The van der Waals surface area contributed by atoms with Gasteiger partial charge in [0.05, 0.1) is 28.9 Å². The Bertz CT molecular complexity index is 1600. The summed E-state index contributed by atoms with van der Waals surface area (Å²) in [6.45, 7) is 1.82. The number of Topliss-reactive ketones (excluding diaryl/α,β-unsaturated/α-hetero) is 4. The molecule has 3 aliphatic rings. The number of hydrogen-bond donors (Lipinski definition) is 4. The van der Waals surface area contributed by atoms with E-state index in [9.17, 15) is 34.3 Å². The summed E-state index contributed by atoms with van der Waals surface area (Å²) >= 11 is 0. The number of phenolic OH excluding ortho intramolecular Hbond substituents is 1. The van der Waals surface area contributed by atoms with Crippen LogP contribution in [0.15, 0.2) is 30.5 Å². The Morgan fingerprint density at radius 1 is 1.15 bits per heavy atom. The van der Waals surface area contributed by atoms with Gasteiger partial charge in [0.15, 0.2) is 34.5 Å². The predicted molar refractivity (Wildman–Crippen MR) is 139 cm³/mol. The number of carbonyl (C=O) groups is 5. The van der Waals surface area contributed by atoms with Gasteiger partial charge >= 0.3 is 0 Å². The summed E-state index contributed by atoms with van der Waals surface area (Å²) in [6, 6.07) is 6.70. The molecule has 1 aromatic carbocycles. The Balaban J connectivity index is 1.79. The molecule has 0 saturated heterocycles. The van der Waals surface area contributed by atoms with Crippen molar-refractivity contribution in [3.63, 3.8) is 0 Å². The lowest BCUT2D eigenvalue weighted by atomic mass is 9.42. The second-order valence-corrected chi connectivity index (χ2v) is 11.3. The van der Waals surface area contributed by atoms with Crippen LogP contribution in [0, 0.1) is 35.5 Å². The number of aromatic nitrogens is 1. The highest BCUT2D eigenvalue weighted by Gasteiger charge is 2.78. The first-order valence-corrected chi connectivity index (χ1v) is 12.6. The minimum atomic E-state index is -2.78. The van der Waals surface area contributed by atoms with Gasteiger partial charge in [-0.2, -0.15) is 5.26 Å². The topological polar surface area (TPSA) is 224 Å². The van der Waals surface area contributed by atoms with Gasteiger partial charge in [-0.05, 0) is 63.2 Å². The van der Waals surface area contributed by atoms with Gasteiger partial charge in [0.1, 0.15) is 11.7 Å². The molecule has 1 amide bonds. The van der Waals surface area contributed by atoms with Gasteiger partial charge in [-0.25, -0.2) is 0 Å². The average molecular weight is 545 g/mol. The van der Waals surface area contributed by atoms with Gasteiger partial charge in [0, 0.05) is 17.3 Å². The number of carbonyl (C=O) groups excluding carboxylic acids is 5. The number of likely N-dealkylation sites (N-methyl/N-ethyl adjacent to an activating group) is 1. The minimum Gasteiger partial charge on any atom is -0.507 e. The van der Waals surface area contributed by atoms with Crippen molar-refractivity contribution >= 4 is 29.0 Å². The van der Waals surface area contributed by atoms with E-state index in [1.54, 1.807) is 24.4 Å². The largest absolute Gasteiger partial charge is 0.507 e. The molecule has 2 unspecified atom stereocenters. The van der Waals surface area contributed by atoms with E-state index < -0.39 is 75.6 Å². The van der Waals surface area contributed by atoms with Crippen molar-refractivity contribution < 1.29 is 29.1 Å². The maximum atomic E-state index is 14.4. The zero-order chi connectivity index (χ0) is 29.5. The molecule has 0 spiro atoms. The molecule has 40 heavy (non-hydrogen) atoms. The number of fused-ring (bicyclic) bond motifs is 3. The fourth-order valence-corrected chi connectivity index (χ4v) is 7.20. The molecule has 5 rings (SSSR count). The summed E-state index contributed by atoms with van der Waals surface area (Å²) in [6.07, 6.45) is 0.938. The maximum absolute atomic E-state index is 14.4. The highest BCUT2D eigenvalue weighted by molar-refractivity contribution is 6.33. The van der Waals surface area contributed by atoms with Crippen LogP contribution in [0.4, 0.5) is 0 Å². The van der Waals surface area contributed by atoms with Gasteiger partial charge in [0.2, 0.25) is 5.91 Å². The molecule has 2 aromatic rings. The molecule has 12 heteroatoms. The summed E-state index contributed by atoms with van der Waals surface area (Å²) < 4.78 is 0. The van der Waals surface area contributed by atoms with Crippen molar-refractivity contribution in [3.05, 3.63) is 47.2 Å². The monoisotopic (exact) mass is 544 g/mol. The molecule has 2 fully saturated rings. The van der Waals surface area contributed by atoms with E-state index in [0.717, 1.165) is 5.56 Å². The predicted octanol–water partition coefficient (Wildman–Crippen LogP) is -0.821. The van der Waals surface area contributed by atoms with Crippen LogP contribution in [-0.4, -0.2) is 75.2 Å². The molecule has 2 saturated carbocycles. The number of benzene rings is 1. The van der Waals surface area contributed by atoms with Crippen molar-refractivity contribution in [2.75, 3.05) is 14.1 Å². The van der Waals surface area contributed by atoms with Crippen molar-refractivity contribution in [2.24, 2.45) is 34.5 Å². The van der Waals surface area contributed by atoms with Crippen LogP contribution in [0.3, 0.4) is 0 Å². The Morgan fingerprint density at radius 2 is 1.82 bits per heavy atom. The molecule has 0 aliphatic heterocycles. The van der Waals surface area contributed by atoms with E-state index in [-0.39, 0.29) is 12.0 Å². The van der Waals surface area contributed by atoms with E-state index in [4.69, 9.17) is 17.2 Å². The number of rotatable bonds is 3. The number of ketones is 4. The Kier molecular flexibility index (Phi) is 5.86. The number of aryl methyl sites for hydroxylation is 1. The summed E-state index contributed by atoms with van der Waals surface area (Å²) in [4.78, 5) is 73.7. The van der Waals surface area contributed by atoms with Gasteiger partial charge in [-0.3, -0.25) is 33.9 Å². The molecular weight excluding hydrogens is 516 g/mol. The van der Waals surface area contributed by atoms with E-state index >= 15 is 0 Å². The van der Waals surface area contributed by atoms with Crippen molar-refractivity contribution in [1.82, 2.24) is 9.88 Å². The van der Waals surface area contributed by atoms with Gasteiger partial charge < -0.3 is 22.3 Å². The summed E-state index contributed by atoms with van der Waals surface area (Å²) in [7, 11) is 2.91. The average Bonchev–Trinajstić information content (AvgIpc) is 2.83. The molecule has 6 atom stereocenters. The lowest BCUT2D eigenvalue weighted by molar-refractivity contribution is -0.166. The standard InChI is InChI=1S/C28H28N6O6/c1-12-5-4-8-33-19(12)13-6-7-15(35)16-14(13)9-26(31)10-28(32)22(34(2)3)21(37)17(25(30)40)23(38)27(28,11-29)24(39)18(26)20(16)36/h4-8,17-18,22,35H,9-10,31-32H2,1-3H3,(H2,30,40)/t17?,18?,22-,26-,27+,28-/m1/s1. The molecular formula is C28H28N6O6. The number of nitrogens with two attached hydrogens (primary N) is 3. The molecule has 206 valence electrons. The third kappa shape index (κ3) is 3.16.